The number of hydrogen-bond donors (Lipinski definition) is 0. The molecule has 262 valence electrons. The lowest BCUT2D eigenvalue weighted by molar-refractivity contribution is -0.138. The van der Waals surface area contributed by atoms with Crippen molar-refractivity contribution < 1.29 is 22.4 Å². The van der Waals surface area contributed by atoms with Crippen molar-refractivity contribution >= 4 is 17.7 Å². The van der Waals surface area contributed by atoms with Gasteiger partial charge in [0, 0.05) is 44.8 Å². The number of alkyl halides is 3. The van der Waals surface area contributed by atoms with Crippen LogP contribution in [-0.2, 0) is 30.4 Å². The van der Waals surface area contributed by atoms with Crippen molar-refractivity contribution in [2.75, 3.05) is 31.1 Å². The first kappa shape index (κ1) is 36.4. The number of rotatable bonds is 14. The summed E-state index contributed by atoms with van der Waals surface area (Å²) in [6.07, 6.45) is 3.98. The van der Waals surface area contributed by atoms with Crippen molar-refractivity contribution in [2.45, 2.75) is 57.8 Å². The van der Waals surface area contributed by atoms with Crippen LogP contribution in [0.4, 0.5) is 23.2 Å². The monoisotopic (exact) mass is 683 g/mol. The predicted octanol–water partition coefficient (Wildman–Crippen LogP) is 9.57. The van der Waals surface area contributed by atoms with Crippen LogP contribution in [0.25, 0.3) is 6.08 Å². The molecule has 0 aromatic heterocycles. The highest BCUT2D eigenvalue weighted by atomic mass is 19.4. The Kier molecular flexibility index (Phi) is 12.5. The molecule has 1 amide bonds. The van der Waals surface area contributed by atoms with Crippen LogP contribution in [0.2, 0.25) is 0 Å². The van der Waals surface area contributed by atoms with E-state index in [0.29, 0.717) is 56.1 Å². The van der Waals surface area contributed by atoms with Gasteiger partial charge in [0.2, 0.25) is 5.91 Å². The molecule has 1 atom stereocenters. The summed E-state index contributed by atoms with van der Waals surface area (Å²) in [5, 5.41) is 0. The Bertz CT molecular complexity index is 1710. The summed E-state index contributed by atoms with van der Waals surface area (Å²) in [6, 6.07) is 29.3. The molecule has 1 aliphatic rings. The van der Waals surface area contributed by atoms with Crippen LogP contribution in [0.3, 0.4) is 0 Å². The van der Waals surface area contributed by atoms with Crippen molar-refractivity contribution in [3.05, 3.63) is 155 Å². The Hall–Kier alpha value is -4.85. The Labute approximate surface area is 293 Å². The molecule has 0 bridgehead atoms. The highest BCUT2D eigenvalue weighted by molar-refractivity contribution is 5.83. The van der Waals surface area contributed by atoms with Gasteiger partial charge in [-0.25, -0.2) is 4.39 Å². The lowest BCUT2D eigenvalue weighted by atomic mass is 10.00. The second-order valence-electron chi connectivity index (χ2n) is 12.8. The van der Waals surface area contributed by atoms with Gasteiger partial charge in [0.15, 0.2) is 0 Å². The molecule has 5 rings (SSSR count). The van der Waals surface area contributed by atoms with E-state index in [-0.39, 0.29) is 11.7 Å². The van der Waals surface area contributed by atoms with Gasteiger partial charge in [0.25, 0.3) is 0 Å². The third-order valence-corrected chi connectivity index (χ3v) is 9.24. The number of carbonyl (C=O) groups is 1. The first-order valence-corrected chi connectivity index (χ1v) is 17.3. The number of amides is 1. The van der Waals surface area contributed by atoms with Crippen molar-refractivity contribution in [3.8, 4) is 0 Å². The molecule has 4 aromatic carbocycles. The van der Waals surface area contributed by atoms with Gasteiger partial charge < -0.3 is 14.7 Å². The smallest absolute Gasteiger partial charge is 0.366 e. The number of hydrogen-bond acceptors (Lipinski definition) is 3. The topological polar surface area (TPSA) is 26.8 Å². The molecule has 0 unspecified atom stereocenters. The Balaban J connectivity index is 1.43. The van der Waals surface area contributed by atoms with E-state index in [1.165, 1.54) is 30.2 Å². The molecule has 4 nitrogen and oxygen atoms in total. The average molecular weight is 684 g/mol. The standard InChI is InChI=1S/C42H45F4N3O/c1-3-4-6-11-33-18-20-36(21-19-33)31-49(32(2)16-17-34-22-24-37(25-23-34)42(44,45)46)40(30-35-12-7-5-8-13-35)41(50)48-28-26-47(27-29-48)39-15-10-9-14-38(39)43/h5,7-10,12-25,40H,2-4,6,11,26-31H2,1H3/b17-16+/t40-/m0/s1. The quantitative estimate of drug-likeness (QED) is 0.0753. The number of halogens is 4. The minimum absolute atomic E-state index is 0.0534. The van der Waals surface area contributed by atoms with Gasteiger partial charge in [0.1, 0.15) is 11.9 Å². The van der Waals surface area contributed by atoms with Gasteiger partial charge in [-0.15, -0.1) is 0 Å². The maximum Gasteiger partial charge on any atom is 0.416 e. The molecular weight excluding hydrogens is 638 g/mol. The summed E-state index contributed by atoms with van der Waals surface area (Å²) >= 11 is 0. The zero-order valence-corrected chi connectivity index (χ0v) is 28.6. The maximum atomic E-state index is 14.6. The average Bonchev–Trinajstić information content (AvgIpc) is 3.13. The third kappa shape index (κ3) is 9.87. The number of carbonyl (C=O) groups excluding carboxylic acids is 1. The fourth-order valence-corrected chi connectivity index (χ4v) is 6.33. The minimum Gasteiger partial charge on any atom is -0.366 e. The zero-order valence-electron chi connectivity index (χ0n) is 28.6. The summed E-state index contributed by atoms with van der Waals surface area (Å²) in [5.41, 5.74) is 4.25. The summed E-state index contributed by atoms with van der Waals surface area (Å²) in [7, 11) is 0. The Morgan fingerprint density at radius 2 is 1.46 bits per heavy atom. The summed E-state index contributed by atoms with van der Waals surface area (Å²) in [4.78, 5) is 20.4. The minimum atomic E-state index is -4.42. The van der Waals surface area contributed by atoms with Gasteiger partial charge in [-0.3, -0.25) is 4.79 Å². The molecule has 1 fully saturated rings. The van der Waals surface area contributed by atoms with Crippen LogP contribution in [0, 0.1) is 5.82 Å². The second kappa shape index (κ2) is 17.2. The molecule has 0 spiro atoms. The van der Waals surface area contributed by atoms with E-state index in [1.54, 1.807) is 24.3 Å². The van der Waals surface area contributed by atoms with Gasteiger partial charge >= 0.3 is 6.18 Å². The highest BCUT2D eigenvalue weighted by Crippen LogP contribution is 2.30. The van der Waals surface area contributed by atoms with Gasteiger partial charge in [-0.2, -0.15) is 13.2 Å². The van der Waals surface area contributed by atoms with E-state index in [4.69, 9.17) is 0 Å². The van der Waals surface area contributed by atoms with Crippen molar-refractivity contribution in [1.82, 2.24) is 9.80 Å². The fraction of sp³-hybridized carbons (Fsp3) is 0.310. The molecule has 50 heavy (non-hydrogen) atoms. The van der Waals surface area contributed by atoms with Gasteiger partial charge in [-0.1, -0.05) is 111 Å². The SMILES string of the molecule is C=C(/C=C/c1ccc(C(F)(F)F)cc1)N(Cc1ccc(CCCCC)cc1)[C@@H](Cc1ccccc1)C(=O)N1CCN(c2ccccc2F)CC1. The zero-order chi connectivity index (χ0) is 35.5. The van der Waals surface area contributed by atoms with Crippen LogP contribution in [0.1, 0.15) is 54.0 Å². The number of allylic oxidation sites excluding steroid dienone is 1. The van der Waals surface area contributed by atoms with Gasteiger partial charge in [0.05, 0.1) is 11.3 Å². The second-order valence-corrected chi connectivity index (χ2v) is 12.8. The lowest BCUT2D eigenvalue weighted by Crippen LogP contribution is -2.55. The summed E-state index contributed by atoms with van der Waals surface area (Å²) < 4.78 is 54.1. The number of piperazine rings is 1. The Morgan fingerprint density at radius 3 is 2.10 bits per heavy atom. The van der Waals surface area contributed by atoms with Crippen LogP contribution in [0.15, 0.2) is 121 Å². The first-order valence-electron chi connectivity index (χ1n) is 17.3. The largest absolute Gasteiger partial charge is 0.416 e. The van der Waals surface area contributed by atoms with Crippen molar-refractivity contribution in [2.24, 2.45) is 0 Å². The van der Waals surface area contributed by atoms with Crippen molar-refractivity contribution in [3.63, 3.8) is 0 Å². The molecule has 1 aliphatic heterocycles. The molecule has 1 heterocycles. The summed E-state index contributed by atoms with van der Waals surface area (Å²) in [5.74, 6) is -0.338. The highest BCUT2D eigenvalue weighted by Gasteiger charge is 2.33. The van der Waals surface area contributed by atoms with E-state index in [0.717, 1.165) is 42.5 Å². The molecule has 1 saturated heterocycles. The normalized spacial score (nSPS) is 14.2. The van der Waals surface area contributed by atoms with E-state index >= 15 is 0 Å². The van der Waals surface area contributed by atoms with Crippen LogP contribution in [-0.4, -0.2) is 47.9 Å². The predicted molar refractivity (Wildman–Crippen MR) is 194 cm³/mol. The number of benzene rings is 4. The lowest BCUT2D eigenvalue weighted by Gasteiger charge is -2.41. The molecule has 4 aromatic rings. The van der Waals surface area contributed by atoms with Crippen molar-refractivity contribution in [1.29, 1.82) is 0 Å². The van der Waals surface area contributed by atoms with E-state index in [2.05, 4.69) is 37.8 Å². The van der Waals surface area contributed by atoms with E-state index < -0.39 is 17.8 Å². The maximum absolute atomic E-state index is 14.6. The molecule has 0 N–H and O–H groups in total. The number of para-hydroxylation sites is 1. The van der Waals surface area contributed by atoms with Gasteiger partial charge in [-0.05, 0) is 65.4 Å². The first-order chi connectivity index (χ1) is 24.1. The van der Waals surface area contributed by atoms with E-state index in [9.17, 15) is 22.4 Å². The third-order valence-electron chi connectivity index (χ3n) is 9.24. The molecular formula is C42H45F4N3O. The van der Waals surface area contributed by atoms with Crippen LogP contribution in [0.5, 0.6) is 0 Å². The van der Waals surface area contributed by atoms with E-state index in [1.807, 2.05) is 51.1 Å². The molecule has 0 radical (unpaired) electrons. The summed E-state index contributed by atoms with van der Waals surface area (Å²) in [6.45, 7) is 8.85. The van der Waals surface area contributed by atoms with Crippen LogP contribution >= 0.6 is 0 Å². The molecule has 0 aliphatic carbocycles. The molecule has 0 saturated carbocycles. The number of anilines is 1. The number of aryl methyl sites for hydroxylation is 1. The van der Waals surface area contributed by atoms with Crippen LogP contribution < -0.4 is 4.90 Å². The Morgan fingerprint density at radius 1 is 0.820 bits per heavy atom. The molecule has 8 heteroatoms. The number of unbranched alkanes of at least 4 members (excludes halogenated alkanes) is 2. The fourth-order valence-electron chi connectivity index (χ4n) is 6.33. The number of nitrogens with zero attached hydrogens (tertiary/aromatic N) is 3.